The van der Waals surface area contributed by atoms with Crippen molar-refractivity contribution in [3.05, 3.63) is 76.1 Å². The van der Waals surface area contributed by atoms with Gasteiger partial charge in [-0.15, -0.1) is 0 Å². The quantitative estimate of drug-likeness (QED) is 0.114. The Morgan fingerprint density at radius 2 is 1.57 bits per heavy atom. The molecule has 0 saturated heterocycles. The Morgan fingerprint density at radius 3 is 2.16 bits per heavy atom. The normalized spacial score (nSPS) is 16.4. The second-order valence-corrected chi connectivity index (χ2v) is 11.8. The van der Waals surface area contributed by atoms with Gasteiger partial charge < -0.3 is 19.9 Å². The molecule has 1 aliphatic heterocycles. The number of hydrogen-bond donors (Lipinski definition) is 2. The van der Waals surface area contributed by atoms with Gasteiger partial charge in [0.05, 0.1) is 54.0 Å². The number of aromatic hydroxyl groups is 1. The molecule has 0 fully saturated rings. The summed E-state index contributed by atoms with van der Waals surface area (Å²) in [5, 5.41) is 13.2. The number of anilines is 2. The highest BCUT2D eigenvalue weighted by molar-refractivity contribution is 5.90. The summed E-state index contributed by atoms with van der Waals surface area (Å²) in [4.78, 5) is 33.8. The minimum absolute atomic E-state index is 0.00970. The molecule has 0 bridgehead atoms. The first kappa shape index (κ1) is 39.0. The van der Waals surface area contributed by atoms with E-state index in [0.29, 0.717) is 37.8 Å². The van der Waals surface area contributed by atoms with Crippen molar-refractivity contribution < 1.29 is 63.7 Å². The molecule has 278 valence electrons. The minimum atomic E-state index is -5.11. The van der Waals surface area contributed by atoms with Crippen LogP contribution in [0.3, 0.4) is 0 Å². The highest BCUT2D eigenvalue weighted by atomic mass is 19.4. The van der Waals surface area contributed by atoms with Crippen LogP contribution in [-0.4, -0.2) is 46.9 Å². The van der Waals surface area contributed by atoms with Crippen LogP contribution in [-0.2, 0) is 39.2 Å². The number of amides is 1. The first-order chi connectivity index (χ1) is 23.8. The van der Waals surface area contributed by atoms with Crippen molar-refractivity contribution in [3.63, 3.8) is 0 Å². The number of carbonyl (C=O) groups excluding carboxylic acids is 2. The SMILES string of the molecule is CC[C@@H]1C[C@H](Nc2ncc(O)c(Cc3cc(C(F)(F)F)cc(C(F)(F)F)c3)n2)c2cc(C(F)(F)F)ccc2N1C(=O)OCCCCCC(=O)OC. The van der Waals surface area contributed by atoms with Gasteiger partial charge in [0, 0.05) is 18.9 Å². The van der Waals surface area contributed by atoms with E-state index in [2.05, 4.69) is 20.0 Å². The fraction of sp³-hybridized carbons (Fsp3) is 0.455. The van der Waals surface area contributed by atoms with Gasteiger partial charge in [-0.1, -0.05) is 6.92 Å². The number of ether oxygens (including phenoxy) is 2. The van der Waals surface area contributed by atoms with Crippen LogP contribution < -0.4 is 10.2 Å². The van der Waals surface area contributed by atoms with Crippen molar-refractivity contribution >= 4 is 23.7 Å². The van der Waals surface area contributed by atoms with E-state index in [4.69, 9.17) is 4.74 Å². The summed E-state index contributed by atoms with van der Waals surface area (Å²) < 4.78 is 132. The van der Waals surface area contributed by atoms with E-state index in [1.807, 2.05) is 0 Å². The molecule has 18 heteroatoms. The highest BCUT2D eigenvalue weighted by Gasteiger charge is 2.40. The van der Waals surface area contributed by atoms with Gasteiger partial charge >= 0.3 is 30.6 Å². The number of methoxy groups -OCH3 is 1. The molecule has 3 aromatic rings. The molecule has 1 aliphatic rings. The van der Waals surface area contributed by atoms with Crippen LogP contribution in [0.4, 0.5) is 55.9 Å². The van der Waals surface area contributed by atoms with Crippen molar-refractivity contribution in [1.29, 1.82) is 0 Å². The van der Waals surface area contributed by atoms with Gasteiger partial charge in [-0.3, -0.25) is 9.69 Å². The molecule has 1 amide bonds. The van der Waals surface area contributed by atoms with Crippen LogP contribution in [0.1, 0.15) is 85.0 Å². The molecule has 51 heavy (non-hydrogen) atoms. The maximum absolute atomic E-state index is 13.8. The lowest BCUT2D eigenvalue weighted by Crippen LogP contribution is -2.46. The van der Waals surface area contributed by atoms with E-state index < -0.39 is 71.1 Å². The number of benzene rings is 2. The summed E-state index contributed by atoms with van der Waals surface area (Å²) >= 11 is 0. The zero-order valence-corrected chi connectivity index (χ0v) is 27.2. The molecule has 2 heterocycles. The van der Waals surface area contributed by atoms with E-state index in [-0.39, 0.29) is 54.4 Å². The van der Waals surface area contributed by atoms with Gasteiger partial charge in [-0.2, -0.15) is 39.5 Å². The largest absolute Gasteiger partial charge is 0.504 e. The lowest BCUT2D eigenvalue weighted by molar-refractivity contribution is -0.143. The third kappa shape index (κ3) is 9.94. The first-order valence-corrected chi connectivity index (χ1v) is 15.7. The maximum atomic E-state index is 13.8. The summed E-state index contributed by atoms with van der Waals surface area (Å²) in [5.41, 5.74) is -4.88. The number of esters is 1. The predicted octanol–water partition coefficient (Wildman–Crippen LogP) is 8.84. The van der Waals surface area contributed by atoms with Crippen LogP contribution in [0.5, 0.6) is 5.75 Å². The average Bonchev–Trinajstić information content (AvgIpc) is 3.05. The summed E-state index contributed by atoms with van der Waals surface area (Å²) in [6.07, 6.45) is -13.6. The Balaban J connectivity index is 1.62. The van der Waals surface area contributed by atoms with Gasteiger partial charge in [0.15, 0.2) is 5.75 Å². The molecule has 2 aromatic carbocycles. The number of aromatic nitrogens is 2. The Bertz CT molecular complexity index is 1680. The number of unbranched alkanes of at least 4 members (excludes halogenated alkanes) is 2. The molecule has 0 aliphatic carbocycles. The lowest BCUT2D eigenvalue weighted by atomic mass is 9.89. The van der Waals surface area contributed by atoms with E-state index in [9.17, 15) is 54.2 Å². The molecular weight excluding hydrogens is 703 g/mol. The van der Waals surface area contributed by atoms with Gasteiger partial charge in [-0.25, -0.2) is 14.8 Å². The van der Waals surface area contributed by atoms with E-state index in [0.717, 1.165) is 24.4 Å². The number of nitrogens with zero attached hydrogens (tertiary/aromatic N) is 3. The molecule has 2 atom stereocenters. The third-order valence-electron chi connectivity index (χ3n) is 8.18. The summed E-state index contributed by atoms with van der Waals surface area (Å²) in [6.45, 7) is 1.72. The van der Waals surface area contributed by atoms with Crippen LogP contribution in [0.2, 0.25) is 0 Å². The predicted molar refractivity (Wildman–Crippen MR) is 164 cm³/mol. The number of rotatable bonds is 11. The van der Waals surface area contributed by atoms with Gasteiger partial charge in [0.25, 0.3) is 0 Å². The van der Waals surface area contributed by atoms with Gasteiger partial charge in [-0.05, 0) is 79.6 Å². The zero-order chi connectivity index (χ0) is 37.7. The topological polar surface area (TPSA) is 114 Å². The van der Waals surface area contributed by atoms with Gasteiger partial charge in [0.1, 0.15) is 0 Å². The van der Waals surface area contributed by atoms with Crippen LogP contribution in [0.15, 0.2) is 42.6 Å². The average molecular weight is 737 g/mol. The lowest BCUT2D eigenvalue weighted by Gasteiger charge is -2.40. The second kappa shape index (κ2) is 15.6. The first-order valence-electron chi connectivity index (χ1n) is 15.7. The van der Waals surface area contributed by atoms with Crippen LogP contribution in [0, 0.1) is 0 Å². The van der Waals surface area contributed by atoms with Crippen molar-refractivity contribution in [2.45, 2.75) is 82.5 Å². The Labute approximate surface area is 285 Å². The number of halogens is 9. The Kier molecular flexibility index (Phi) is 12.0. The zero-order valence-electron chi connectivity index (χ0n) is 27.2. The van der Waals surface area contributed by atoms with Gasteiger partial charge in [0.2, 0.25) is 5.95 Å². The summed E-state index contributed by atoms with van der Waals surface area (Å²) in [7, 11) is 1.26. The number of carbonyl (C=O) groups is 2. The molecule has 0 spiro atoms. The molecule has 0 radical (unpaired) electrons. The Morgan fingerprint density at radius 1 is 0.922 bits per heavy atom. The maximum Gasteiger partial charge on any atom is 0.416 e. The monoisotopic (exact) mass is 736 g/mol. The molecule has 4 rings (SSSR count). The van der Waals surface area contributed by atoms with E-state index >= 15 is 0 Å². The highest BCUT2D eigenvalue weighted by Crippen LogP contribution is 2.43. The molecule has 9 nitrogen and oxygen atoms in total. The molecule has 1 aromatic heterocycles. The number of fused-ring (bicyclic) bond motifs is 1. The smallest absolute Gasteiger partial charge is 0.416 e. The third-order valence-corrected chi connectivity index (χ3v) is 8.18. The molecule has 0 unspecified atom stereocenters. The fourth-order valence-corrected chi connectivity index (χ4v) is 5.62. The fourth-order valence-electron chi connectivity index (χ4n) is 5.62. The summed E-state index contributed by atoms with van der Waals surface area (Å²) in [5.74, 6) is -1.33. The molecule has 0 saturated carbocycles. The molecular formula is C33H33F9N4O5. The second-order valence-electron chi connectivity index (χ2n) is 11.8. The number of nitrogens with one attached hydrogen (secondary N) is 1. The Hall–Kier alpha value is -4.77. The van der Waals surface area contributed by atoms with Crippen molar-refractivity contribution in [2.75, 3.05) is 23.9 Å². The standard InChI is InChI=1S/C33H33F9N4O5/c1-3-22-16-24(23-15-19(31(34,35)36)8-9-26(23)46(22)30(49)51-10-6-4-5-7-28(48)50-2)44-29-43-17-27(47)25(45-29)13-18-11-20(32(37,38)39)14-21(12-18)33(40,41)42/h8-9,11-12,14-15,17,22,24,47H,3-7,10,13,16H2,1-2H3,(H,43,44,45)/t22-,24+/m1/s1. The van der Waals surface area contributed by atoms with E-state index in [1.54, 1.807) is 6.92 Å². The van der Waals surface area contributed by atoms with Crippen LogP contribution in [0.25, 0.3) is 0 Å². The number of alkyl halides is 9. The summed E-state index contributed by atoms with van der Waals surface area (Å²) in [6, 6.07) is 2.13. The van der Waals surface area contributed by atoms with Crippen LogP contribution >= 0.6 is 0 Å². The van der Waals surface area contributed by atoms with Crippen molar-refractivity contribution in [1.82, 2.24) is 9.97 Å². The van der Waals surface area contributed by atoms with Crippen molar-refractivity contribution in [3.8, 4) is 5.75 Å². The van der Waals surface area contributed by atoms with E-state index in [1.165, 1.54) is 12.0 Å². The number of hydrogen-bond acceptors (Lipinski definition) is 8. The molecule has 2 N–H and O–H groups in total. The van der Waals surface area contributed by atoms with Crippen molar-refractivity contribution in [2.24, 2.45) is 0 Å². The minimum Gasteiger partial charge on any atom is -0.504 e.